The lowest BCUT2D eigenvalue weighted by atomic mass is 9.91. The Balaban J connectivity index is 1.86. The van der Waals surface area contributed by atoms with Gasteiger partial charge in [-0.15, -0.1) is 0 Å². The van der Waals surface area contributed by atoms with Gasteiger partial charge in [-0.1, -0.05) is 24.3 Å². The van der Waals surface area contributed by atoms with Crippen molar-refractivity contribution in [2.75, 3.05) is 13.7 Å². The van der Waals surface area contributed by atoms with Crippen LogP contribution < -0.4 is 5.32 Å². The van der Waals surface area contributed by atoms with Gasteiger partial charge < -0.3 is 10.1 Å². The normalized spacial score (nSPS) is 15.9. The molecule has 1 aliphatic heterocycles. The van der Waals surface area contributed by atoms with E-state index in [-0.39, 0.29) is 11.9 Å². The molecule has 0 spiro atoms. The monoisotopic (exact) mass is 363 g/mol. The number of carbonyl (C=O) groups is 1. The van der Waals surface area contributed by atoms with Gasteiger partial charge >= 0.3 is 5.97 Å². The molecule has 0 saturated heterocycles. The largest absolute Gasteiger partial charge is 0.465 e. The van der Waals surface area contributed by atoms with Crippen molar-refractivity contribution >= 4 is 5.97 Å². The highest BCUT2D eigenvalue weighted by Crippen LogP contribution is 2.30. The second kappa shape index (κ2) is 7.25. The summed E-state index contributed by atoms with van der Waals surface area (Å²) >= 11 is 0. The number of nitrogens with zero attached hydrogens (tertiary/aromatic N) is 2. The Labute approximate surface area is 156 Å². The zero-order chi connectivity index (χ0) is 18.8. The summed E-state index contributed by atoms with van der Waals surface area (Å²) in [4.78, 5) is 21.3. The molecule has 27 heavy (non-hydrogen) atoms. The van der Waals surface area contributed by atoms with E-state index < -0.39 is 5.97 Å². The van der Waals surface area contributed by atoms with Gasteiger partial charge in [0.2, 0.25) is 0 Å². The number of rotatable bonds is 3. The minimum absolute atomic E-state index is 0.244. The van der Waals surface area contributed by atoms with E-state index in [0.29, 0.717) is 22.6 Å². The molecule has 1 N–H and O–H groups in total. The molecule has 4 rings (SSSR count). The SMILES string of the molecule is COC(=O)c1cnc(-c2ccc(F)cc2)nc1C1NCCc2ccccc21. The lowest BCUT2D eigenvalue weighted by Crippen LogP contribution is -2.32. The first-order valence-corrected chi connectivity index (χ1v) is 8.70. The number of aromatic nitrogens is 2. The molecule has 1 unspecified atom stereocenters. The molecule has 5 nitrogen and oxygen atoms in total. The van der Waals surface area contributed by atoms with Gasteiger partial charge in [0.1, 0.15) is 11.4 Å². The van der Waals surface area contributed by atoms with Gasteiger partial charge in [0.05, 0.1) is 18.8 Å². The minimum atomic E-state index is -0.486. The average molecular weight is 363 g/mol. The Morgan fingerprint density at radius 2 is 1.96 bits per heavy atom. The molecule has 1 aromatic heterocycles. The maximum absolute atomic E-state index is 13.2. The van der Waals surface area contributed by atoms with Crippen molar-refractivity contribution in [3.8, 4) is 11.4 Å². The number of benzene rings is 2. The standard InChI is InChI=1S/C21H18FN3O2/c1-27-21(26)17-12-24-20(14-6-8-15(22)9-7-14)25-19(17)18-16-5-3-2-4-13(16)10-11-23-18/h2-9,12,18,23H,10-11H2,1H3. The lowest BCUT2D eigenvalue weighted by molar-refractivity contribution is 0.0597. The molecular formula is C21H18FN3O2. The van der Waals surface area contributed by atoms with Crippen molar-refractivity contribution < 1.29 is 13.9 Å². The predicted octanol–water partition coefficient (Wildman–Crippen LogP) is 3.30. The third-order valence-corrected chi connectivity index (χ3v) is 4.71. The molecule has 0 bridgehead atoms. The molecule has 2 aromatic carbocycles. The van der Waals surface area contributed by atoms with E-state index in [9.17, 15) is 9.18 Å². The molecule has 136 valence electrons. The topological polar surface area (TPSA) is 64.1 Å². The Bertz CT molecular complexity index is 989. The van der Waals surface area contributed by atoms with Crippen molar-refractivity contribution in [3.63, 3.8) is 0 Å². The van der Waals surface area contributed by atoms with Crippen LogP contribution in [0.25, 0.3) is 11.4 Å². The average Bonchev–Trinajstić information content (AvgIpc) is 2.73. The first kappa shape index (κ1) is 17.3. The van der Waals surface area contributed by atoms with E-state index in [4.69, 9.17) is 4.74 Å². The fourth-order valence-electron chi connectivity index (χ4n) is 3.37. The van der Waals surface area contributed by atoms with Gasteiger partial charge in [0.15, 0.2) is 5.82 Å². The molecule has 0 amide bonds. The maximum atomic E-state index is 13.2. The number of carbonyl (C=O) groups excluding carboxylic acids is 1. The van der Waals surface area contributed by atoms with Crippen molar-refractivity contribution in [2.45, 2.75) is 12.5 Å². The lowest BCUT2D eigenvalue weighted by Gasteiger charge is -2.27. The molecule has 6 heteroatoms. The highest BCUT2D eigenvalue weighted by Gasteiger charge is 2.28. The molecule has 2 heterocycles. The first-order chi connectivity index (χ1) is 13.2. The van der Waals surface area contributed by atoms with E-state index in [1.54, 1.807) is 12.1 Å². The molecule has 0 fully saturated rings. The van der Waals surface area contributed by atoms with Crippen LogP contribution in [0, 0.1) is 5.82 Å². The van der Waals surface area contributed by atoms with Gasteiger partial charge in [-0.2, -0.15) is 0 Å². The van der Waals surface area contributed by atoms with Gasteiger partial charge in [-0.3, -0.25) is 0 Å². The third kappa shape index (κ3) is 3.31. The Morgan fingerprint density at radius 3 is 2.74 bits per heavy atom. The summed E-state index contributed by atoms with van der Waals surface area (Å²) in [7, 11) is 1.34. The summed E-state index contributed by atoms with van der Waals surface area (Å²) in [5.74, 6) is -0.379. The highest BCUT2D eigenvalue weighted by molar-refractivity contribution is 5.90. The van der Waals surface area contributed by atoms with Gasteiger partial charge in [0, 0.05) is 18.3 Å². The zero-order valence-electron chi connectivity index (χ0n) is 14.8. The van der Waals surface area contributed by atoms with Crippen LogP contribution in [0.4, 0.5) is 4.39 Å². The van der Waals surface area contributed by atoms with Crippen molar-refractivity contribution in [3.05, 3.63) is 82.9 Å². The summed E-state index contributed by atoms with van der Waals surface area (Å²) in [6.07, 6.45) is 2.39. The number of hydrogen-bond acceptors (Lipinski definition) is 5. The van der Waals surface area contributed by atoms with Crippen LogP contribution in [-0.4, -0.2) is 29.6 Å². The summed E-state index contributed by atoms with van der Waals surface area (Å²) < 4.78 is 18.2. The van der Waals surface area contributed by atoms with E-state index in [1.807, 2.05) is 18.2 Å². The number of nitrogens with one attached hydrogen (secondary N) is 1. The molecule has 0 aliphatic carbocycles. The zero-order valence-corrected chi connectivity index (χ0v) is 14.8. The Kier molecular flexibility index (Phi) is 4.64. The van der Waals surface area contributed by atoms with E-state index >= 15 is 0 Å². The van der Waals surface area contributed by atoms with Crippen molar-refractivity contribution in [2.24, 2.45) is 0 Å². The smallest absolute Gasteiger partial charge is 0.341 e. The number of halogens is 1. The second-order valence-electron chi connectivity index (χ2n) is 6.33. The number of hydrogen-bond donors (Lipinski definition) is 1. The van der Waals surface area contributed by atoms with Gasteiger partial charge in [0.25, 0.3) is 0 Å². The fraction of sp³-hybridized carbons (Fsp3) is 0.190. The van der Waals surface area contributed by atoms with Gasteiger partial charge in [-0.25, -0.2) is 19.2 Å². The fourth-order valence-corrected chi connectivity index (χ4v) is 3.37. The first-order valence-electron chi connectivity index (χ1n) is 8.70. The van der Waals surface area contributed by atoms with Crippen LogP contribution in [0.3, 0.4) is 0 Å². The van der Waals surface area contributed by atoms with E-state index in [1.165, 1.54) is 31.0 Å². The quantitative estimate of drug-likeness (QED) is 0.724. The Morgan fingerprint density at radius 1 is 1.19 bits per heavy atom. The number of fused-ring (bicyclic) bond motifs is 1. The van der Waals surface area contributed by atoms with Crippen LogP contribution in [0.2, 0.25) is 0 Å². The number of ether oxygens (including phenoxy) is 1. The Hall–Kier alpha value is -3.12. The van der Waals surface area contributed by atoms with Gasteiger partial charge in [-0.05, 0) is 41.8 Å². The van der Waals surface area contributed by atoms with Crippen LogP contribution in [0.5, 0.6) is 0 Å². The van der Waals surface area contributed by atoms with Crippen LogP contribution in [0.1, 0.15) is 33.2 Å². The third-order valence-electron chi connectivity index (χ3n) is 4.71. The predicted molar refractivity (Wildman–Crippen MR) is 98.8 cm³/mol. The van der Waals surface area contributed by atoms with Crippen LogP contribution in [0.15, 0.2) is 54.7 Å². The summed E-state index contributed by atoms with van der Waals surface area (Å²) in [6, 6.07) is 13.8. The maximum Gasteiger partial charge on any atom is 0.341 e. The summed E-state index contributed by atoms with van der Waals surface area (Å²) in [6.45, 7) is 0.776. The molecular weight excluding hydrogens is 345 g/mol. The molecule has 0 saturated carbocycles. The van der Waals surface area contributed by atoms with Crippen molar-refractivity contribution in [1.29, 1.82) is 0 Å². The number of methoxy groups -OCH3 is 1. The van der Waals surface area contributed by atoms with E-state index in [0.717, 1.165) is 18.5 Å². The van der Waals surface area contributed by atoms with Crippen molar-refractivity contribution in [1.82, 2.24) is 15.3 Å². The van der Waals surface area contributed by atoms with E-state index in [2.05, 4.69) is 21.4 Å². The van der Waals surface area contributed by atoms with Crippen LogP contribution >= 0.6 is 0 Å². The molecule has 3 aromatic rings. The second-order valence-corrected chi connectivity index (χ2v) is 6.33. The molecule has 1 atom stereocenters. The highest BCUT2D eigenvalue weighted by atomic mass is 19.1. The number of esters is 1. The summed E-state index contributed by atoms with van der Waals surface area (Å²) in [5, 5.41) is 3.44. The molecule has 0 radical (unpaired) electrons. The summed E-state index contributed by atoms with van der Waals surface area (Å²) in [5.41, 5.74) is 3.86. The minimum Gasteiger partial charge on any atom is -0.465 e. The van der Waals surface area contributed by atoms with Crippen LogP contribution in [-0.2, 0) is 11.2 Å². The molecule has 1 aliphatic rings.